The van der Waals surface area contributed by atoms with Crippen LogP contribution in [0.1, 0.15) is 85.0 Å². The van der Waals surface area contributed by atoms with Crippen LogP contribution in [0.25, 0.3) is 0 Å². The lowest BCUT2D eigenvalue weighted by atomic mass is 10.1. The lowest BCUT2D eigenvalue weighted by molar-refractivity contribution is -0.142. The molecule has 0 saturated heterocycles. The highest BCUT2D eigenvalue weighted by atomic mass is 16.4. The molecule has 0 aromatic rings. The molecule has 0 spiro atoms. The Hall–Kier alpha value is -0.570. The minimum atomic E-state index is -0.688. The van der Waals surface area contributed by atoms with Crippen molar-refractivity contribution in [2.75, 3.05) is 13.1 Å². The van der Waals surface area contributed by atoms with Crippen molar-refractivity contribution in [3.8, 4) is 0 Å². The zero-order valence-electron chi connectivity index (χ0n) is 13.9. The third-order valence-corrected chi connectivity index (χ3v) is 4.00. The lowest BCUT2D eigenvalue weighted by Crippen LogP contribution is -2.40. The summed E-state index contributed by atoms with van der Waals surface area (Å²) in [5.41, 5.74) is 0. The third-order valence-electron chi connectivity index (χ3n) is 4.00. The van der Waals surface area contributed by atoms with Gasteiger partial charge in [-0.3, -0.25) is 9.69 Å². The smallest absolute Gasteiger partial charge is 0.320 e. The number of unbranched alkanes of at least 4 members (excludes halogenated alkanes) is 8. The van der Waals surface area contributed by atoms with Gasteiger partial charge in [-0.2, -0.15) is 0 Å². The van der Waals surface area contributed by atoms with Crippen molar-refractivity contribution in [1.82, 2.24) is 4.90 Å². The summed E-state index contributed by atoms with van der Waals surface area (Å²) >= 11 is 0. The molecule has 120 valence electrons. The molecule has 3 nitrogen and oxygen atoms in total. The minimum Gasteiger partial charge on any atom is -0.480 e. The fourth-order valence-corrected chi connectivity index (χ4v) is 2.49. The van der Waals surface area contributed by atoms with E-state index in [9.17, 15) is 9.90 Å². The van der Waals surface area contributed by atoms with E-state index in [1.807, 2.05) is 6.92 Å². The first-order valence-electron chi connectivity index (χ1n) is 8.60. The monoisotopic (exact) mass is 285 g/mol. The number of rotatable bonds is 14. The lowest BCUT2D eigenvalue weighted by Gasteiger charge is -2.26. The zero-order valence-corrected chi connectivity index (χ0v) is 13.9. The Morgan fingerprint density at radius 3 is 1.60 bits per heavy atom. The standard InChI is InChI=1S/C17H35NO2/c1-4-6-8-10-12-14-18(16(3)17(19)20)15-13-11-9-7-5-2/h16H,4-15H2,1-3H3,(H,19,20)/t16-/m0/s1. The molecule has 0 aliphatic heterocycles. The highest BCUT2D eigenvalue weighted by molar-refractivity contribution is 5.72. The molecule has 20 heavy (non-hydrogen) atoms. The maximum atomic E-state index is 11.2. The van der Waals surface area contributed by atoms with Crippen molar-refractivity contribution >= 4 is 5.97 Å². The SMILES string of the molecule is CCCCCCCN(CCCCCCC)[C@@H](C)C(=O)O. The summed E-state index contributed by atoms with van der Waals surface area (Å²) in [4.78, 5) is 13.3. The summed E-state index contributed by atoms with van der Waals surface area (Å²) in [7, 11) is 0. The molecule has 0 fully saturated rings. The van der Waals surface area contributed by atoms with Gasteiger partial charge in [0, 0.05) is 0 Å². The third kappa shape index (κ3) is 10.2. The van der Waals surface area contributed by atoms with Crippen LogP contribution in [-0.2, 0) is 4.79 Å². The van der Waals surface area contributed by atoms with E-state index in [0.29, 0.717) is 0 Å². The predicted molar refractivity (Wildman–Crippen MR) is 86.2 cm³/mol. The molecule has 0 heterocycles. The van der Waals surface area contributed by atoms with E-state index in [1.54, 1.807) is 0 Å². The van der Waals surface area contributed by atoms with Crippen LogP contribution >= 0.6 is 0 Å². The van der Waals surface area contributed by atoms with Crippen LogP contribution in [-0.4, -0.2) is 35.1 Å². The Bertz CT molecular complexity index is 217. The first kappa shape index (κ1) is 19.4. The van der Waals surface area contributed by atoms with Gasteiger partial charge in [0.05, 0.1) is 0 Å². The predicted octanol–water partition coefficient (Wildman–Crippen LogP) is 4.70. The largest absolute Gasteiger partial charge is 0.480 e. The fraction of sp³-hybridized carbons (Fsp3) is 0.941. The second-order valence-corrected chi connectivity index (χ2v) is 5.88. The van der Waals surface area contributed by atoms with Gasteiger partial charge in [0.25, 0.3) is 0 Å². The summed E-state index contributed by atoms with van der Waals surface area (Å²) in [6, 6.07) is -0.340. The maximum Gasteiger partial charge on any atom is 0.320 e. The van der Waals surface area contributed by atoms with E-state index in [2.05, 4.69) is 18.7 Å². The molecule has 0 aliphatic carbocycles. The average Bonchev–Trinajstić information content (AvgIpc) is 2.43. The number of nitrogens with zero attached hydrogens (tertiary/aromatic N) is 1. The molecule has 1 atom stereocenters. The molecule has 0 aliphatic rings. The quantitative estimate of drug-likeness (QED) is 0.470. The van der Waals surface area contributed by atoms with Gasteiger partial charge in [-0.15, -0.1) is 0 Å². The molecule has 0 aromatic carbocycles. The molecule has 3 heteroatoms. The average molecular weight is 285 g/mol. The first-order chi connectivity index (χ1) is 9.63. The number of hydrogen-bond donors (Lipinski definition) is 1. The van der Waals surface area contributed by atoms with Crippen molar-refractivity contribution in [1.29, 1.82) is 0 Å². The number of carboxylic acids is 1. The summed E-state index contributed by atoms with van der Waals surface area (Å²) < 4.78 is 0. The van der Waals surface area contributed by atoms with E-state index in [1.165, 1.54) is 51.4 Å². The van der Waals surface area contributed by atoms with Gasteiger partial charge in [0.15, 0.2) is 0 Å². The Morgan fingerprint density at radius 2 is 1.25 bits per heavy atom. The van der Waals surface area contributed by atoms with Crippen molar-refractivity contribution < 1.29 is 9.90 Å². The second kappa shape index (κ2) is 13.4. The molecule has 0 rings (SSSR count). The van der Waals surface area contributed by atoms with Gasteiger partial charge in [0.2, 0.25) is 0 Å². The topological polar surface area (TPSA) is 40.5 Å². The van der Waals surface area contributed by atoms with E-state index in [-0.39, 0.29) is 6.04 Å². The number of carbonyl (C=O) groups is 1. The second-order valence-electron chi connectivity index (χ2n) is 5.88. The summed E-state index contributed by atoms with van der Waals surface area (Å²) in [6.07, 6.45) is 12.4. The van der Waals surface area contributed by atoms with Crippen LogP contribution in [0.2, 0.25) is 0 Å². The molecular weight excluding hydrogens is 250 g/mol. The van der Waals surface area contributed by atoms with Gasteiger partial charge in [0.1, 0.15) is 6.04 Å². The van der Waals surface area contributed by atoms with Crippen LogP contribution in [0.4, 0.5) is 0 Å². The minimum absolute atomic E-state index is 0.340. The number of aliphatic carboxylic acids is 1. The molecule has 0 aromatic heterocycles. The van der Waals surface area contributed by atoms with Crippen LogP contribution in [0.5, 0.6) is 0 Å². The van der Waals surface area contributed by atoms with Crippen molar-refractivity contribution in [3.05, 3.63) is 0 Å². The van der Waals surface area contributed by atoms with E-state index < -0.39 is 5.97 Å². The number of carboxylic acid groups (broad SMARTS) is 1. The Labute approximate surface area is 125 Å². The summed E-state index contributed by atoms with van der Waals surface area (Å²) in [5.74, 6) is -0.688. The number of hydrogen-bond acceptors (Lipinski definition) is 2. The molecule has 1 N–H and O–H groups in total. The van der Waals surface area contributed by atoms with Crippen molar-refractivity contribution in [2.24, 2.45) is 0 Å². The summed E-state index contributed by atoms with van der Waals surface area (Å²) in [6.45, 7) is 8.13. The van der Waals surface area contributed by atoms with Crippen LogP contribution in [0, 0.1) is 0 Å². The van der Waals surface area contributed by atoms with Crippen molar-refractivity contribution in [2.45, 2.75) is 91.0 Å². The Balaban J connectivity index is 3.92. The molecule has 0 amide bonds. The van der Waals surface area contributed by atoms with E-state index in [0.717, 1.165) is 25.9 Å². The molecule has 0 bridgehead atoms. The Morgan fingerprint density at radius 1 is 0.850 bits per heavy atom. The highest BCUT2D eigenvalue weighted by Gasteiger charge is 2.19. The molecule has 0 unspecified atom stereocenters. The van der Waals surface area contributed by atoms with Gasteiger partial charge >= 0.3 is 5.97 Å². The maximum absolute atomic E-state index is 11.2. The van der Waals surface area contributed by atoms with Gasteiger partial charge in [-0.1, -0.05) is 65.2 Å². The van der Waals surface area contributed by atoms with Gasteiger partial charge in [-0.05, 0) is 32.9 Å². The van der Waals surface area contributed by atoms with Crippen molar-refractivity contribution in [3.63, 3.8) is 0 Å². The zero-order chi connectivity index (χ0) is 15.2. The van der Waals surface area contributed by atoms with Gasteiger partial charge < -0.3 is 5.11 Å². The van der Waals surface area contributed by atoms with Crippen LogP contribution < -0.4 is 0 Å². The fourth-order valence-electron chi connectivity index (χ4n) is 2.49. The van der Waals surface area contributed by atoms with Crippen LogP contribution in [0.3, 0.4) is 0 Å². The molecule has 0 saturated carbocycles. The molecule has 0 radical (unpaired) electrons. The van der Waals surface area contributed by atoms with Crippen LogP contribution in [0.15, 0.2) is 0 Å². The Kier molecular flexibility index (Phi) is 13.0. The van der Waals surface area contributed by atoms with Gasteiger partial charge in [-0.25, -0.2) is 0 Å². The molecular formula is C17H35NO2. The van der Waals surface area contributed by atoms with E-state index >= 15 is 0 Å². The highest BCUT2D eigenvalue weighted by Crippen LogP contribution is 2.10. The summed E-state index contributed by atoms with van der Waals surface area (Å²) in [5, 5.41) is 9.19. The normalized spacial score (nSPS) is 12.8. The van der Waals surface area contributed by atoms with E-state index in [4.69, 9.17) is 0 Å². The first-order valence-corrected chi connectivity index (χ1v) is 8.60.